The highest BCUT2D eigenvalue weighted by Crippen LogP contribution is 2.34. The smallest absolute Gasteiger partial charge is 0.416 e. The maximum atomic E-state index is 12.9. The Kier molecular flexibility index (Phi) is 8.38. The quantitative estimate of drug-likeness (QED) is 0.327. The van der Waals surface area contributed by atoms with Gasteiger partial charge in [0.25, 0.3) is 0 Å². The van der Waals surface area contributed by atoms with Gasteiger partial charge in [0.2, 0.25) is 5.91 Å². The first-order chi connectivity index (χ1) is 15.6. The lowest BCUT2D eigenvalue weighted by Crippen LogP contribution is -2.16. The van der Waals surface area contributed by atoms with Gasteiger partial charge >= 0.3 is 6.18 Å². The second-order valence-electron chi connectivity index (χ2n) is 6.54. The number of nitrogens with one attached hydrogen (secondary N) is 1. The zero-order chi connectivity index (χ0) is 24.2. The van der Waals surface area contributed by atoms with Gasteiger partial charge in [0, 0.05) is 17.6 Å². The van der Waals surface area contributed by atoms with Crippen molar-refractivity contribution in [2.24, 2.45) is 0 Å². The lowest BCUT2D eigenvalue weighted by atomic mass is 10.2. The average molecular weight is 540 g/mol. The molecule has 0 unspecified atom stereocenters. The minimum absolute atomic E-state index is 0.00261. The Hall–Kier alpha value is -2.14. The number of anilines is 1. The minimum Gasteiger partial charge on any atom is -0.484 e. The van der Waals surface area contributed by atoms with Crippen molar-refractivity contribution >= 4 is 58.2 Å². The van der Waals surface area contributed by atoms with Crippen LogP contribution >= 0.6 is 46.6 Å². The number of carbonyl (C=O) groups excluding carboxylic acids is 1. The molecule has 0 saturated carbocycles. The monoisotopic (exact) mass is 538 g/mol. The Labute approximate surface area is 206 Å². The van der Waals surface area contributed by atoms with Crippen molar-refractivity contribution < 1.29 is 22.7 Å². The topological polar surface area (TPSA) is 69.0 Å². The van der Waals surface area contributed by atoms with Crippen molar-refractivity contribution in [3.63, 3.8) is 0 Å². The molecule has 0 fully saturated rings. The molecule has 0 aliphatic heterocycles. The van der Waals surface area contributed by atoms with Gasteiger partial charge in [-0.2, -0.15) is 13.2 Å². The van der Waals surface area contributed by atoms with E-state index in [1.165, 1.54) is 0 Å². The summed E-state index contributed by atoms with van der Waals surface area (Å²) < 4.78 is 46.1. The molecule has 6 nitrogen and oxygen atoms in total. The van der Waals surface area contributed by atoms with E-state index in [0.717, 1.165) is 30.0 Å². The van der Waals surface area contributed by atoms with Crippen molar-refractivity contribution in [3.8, 4) is 5.75 Å². The van der Waals surface area contributed by atoms with Gasteiger partial charge in [0.15, 0.2) is 11.0 Å². The van der Waals surface area contributed by atoms with Gasteiger partial charge in [-0.15, -0.1) is 10.2 Å². The Bertz CT molecular complexity index is 1160. The number of rotatable bonds is 8. The number of thioether (sulfide) groups is 1. The van der Waals surface area contributed by atoms with Crippen molar-refractivity contribution in [1.29, 1.82) is 0 Å². The van der Waals surface area contributed by atoms with Gasteiger partial charge < -0.3 is 14.6 Å². The van der Waals surface area contributed by atoms with Gasteiger partial charge in [0.05, 0.1) is 27.0 Å². The van der Waals surface area contributed by atoms with Crippen molar-refractivity contribution in [2.45, 2.75) is 31.4 Å². The summed E-state index contributed by atoms with van der Waals surface area (Å²) in [6.45, 7) is 2.43. The third kappa shape index (κ3) is 6.69. The molecular formula is C20H16Cl3F3N4O2S. The Morgan fingerprint density at radius 1 is 1.12 bits per heavy atom. The number of amides is 1. The van der Waals surface area contributed by atoms with E-state index in [9.17, 15) is 18.0 Å². The number of alkyl halides is 3. The standard InChI is InChI=1S/C20H16Cl3F3N4O2S/c1-2-30-17(9-32-16-8-12(21)4-6-14(16)23)28-29-19(30)33-10-18(31)27-15-7-11(20(24,25)26)3-5-13(15)22/h3-8H,2,9-10H2,1H3,(H,27,31). The van der Waals surface area contributed by atoms with Crippen LogP contribution in [0.15, 0.2) is 41.6 Å². The van der Waals surface area contributed by atoms with Crippen LogP contribution in [0.2, 0.25) is 15.1 Å². The molecule has 3 aromatic rings. The summed E-state index contributed by atoms with van der Waals surface area (Å²) in [5.74, 6) is 0.222. The molecule has 0 spiro atoms. The first kappa shape index (κ1) is 25.5. The number of ether oxygens (including phenoxy) is 1. The second kappa shape index (κ2) is 10.9. The van der Waals surface area contributed by atoms with Gasteiger partial charge in [-0.3, -0.25) is 4.79 Å². The van der Waals surface area contributed by atoms with E-state index in [4.69, 9.17) is 39.5 Å². The van der Waals surface area contributed by atoms with E-state index >= 15 is 0 Å². The lowest BCUT2D eigenvalue weighted by molar-refractivity contribution is -0.137. The molecule has 1 heterocycles. The van der Waals surface area contributed by atoms with Crippen LogP contribution in [0.4, 0.5) is 18.9 Å². The molecule has 1 amide bonds. The SMILES string of the molecule is CCn1c(COc2cc(Cl)ccc2Cl)nnc1SCC(=O)Nc1cc(C(F)(F)F)ccc1Cl. The second-order valence-corrected chi connectivity index (χ2v) is 8.73. The Morgan fingerprint density at radius 3 is 2.55 bits per heavy atom. The normalized spacial score (nSPS) is 11.5. The predicted octanol–water partition coefficient (Wildman–Crippen LogP) is 6.59. The van der Waals surface area contributed by atoms with Gasteiger partial charge in [-0.25, -0.2) is 0 Å². The Morgan fingerprint density at radius 2 is 1.85 bits per heavy atom. The largest absolute Gasteiger partial charge is 0.484 e. The zero-order valence-corrected chi connectivity index (χ0v) is 20.0. The highest BCUT2D eigenvalue weighted by atomic mass is 35.5. The summed E-state index contributed by atoms with van der Waals surface area (Å²) in [5.41, 5.74) is -1.04. The number of benzene rings is 2. The van der Waals surface area contributed by atoms with Crippen LogP contribution in [0, 0.1) is 0 Å². The van der Waals surface area contributed by atoms with Crippen LogP contribution in [-0.4, -0.2) is 26.4 Å². The number of nitrogens with zero attached hydrogens (tertiary/aromatic N) is 3. The molecule has 176 valence electrons. The zero-order valence-electron chi connectivity index (χ0n) is 16.9. The van der Waals surface area contributed by atoms with Crippen LogP contribution in [0.3, 0.4) is 0 Å². The molecule has 0 aliphatic carbocycles. The van der Waals surface area contributed by atoms with E-state index in [0.29, 0.717) is 33.3 Å². The van der Waals surface area contributed by atoms with E-state index < -0.39 is 17.6 Å². The van der Waals surface area contributed by atoms with E-state index in [-0.39, 0.29) is 23.1 Å². The summed E-state index contributed by atoms with van der Waals surface area (Å²) >= 11 is 19.0. The highest BCUT2D eigenvalue weighted by Gasteiger charge is 2.31. The van der Waals surface area contributed by atoms with Gasteiger partial charge in [-0.1, -0.05) is 46.6 Å². The van der Waals surface area contributed by atoms with Crippen LogP contribution in [-0.2, 0) is 24.1 Å². The third-order valence-electron chi connectivity index (χ3n) is 4.26. The summed E-state index contributed by atoms with van der Waals surface area (Å²) in [7, 11) is 0. The fourth-order valence-electron chi connectivity index (χ4n) is 2.69. The molecule has 33 heavy (non-hydrogen) atoms. The molecule has 1 N–H and O–H groups in total. The van der Waals surface area contributed by atoms with Crippen LogP contribution in [0.5, 0.6) is 5.75 Å². The number of halogens is 6. The highest BCUT2D eigenvalue weighted by molar-refractivity contribution is 7.99. The van der Waals surface area contributed by atoms with Crippen LogP contribution < -0.4 is 10.1 Å². The molecule has 2 aromatic carbocycles. The Balaban J connectivity index is 1.63. The molecule has 0 radical (unpaired) electrons. The van der Waals surface area contributed by atoms with E-state index in [2.05, 4.69) is 15.5 Å². The molecule has 13 heteroatoms. The average Bonchev–Trinajstić information content (AvgIpc) is 3.15. The fourth-order valence-corrected chi connectivity index (χ4v) is 4.01. The predicted molar refractivity (Wildman–Crippen MR) is 122 cm³/mol. The first-order valence-corrected chi connectivity index (χ1v) is 11.5. The molecule has 0 saturated heterocycles. The van der Waals surface area contributed by atoms with Crippen molar-refractivity contribution in [2.75, 3.05) is 11.1 Å². The molecule has 0 aliphatic rings. The third-order valence-corrected chi connectivity index (χ3v) is 6.10. The van der Waals surface area contributed by atoms with Gasteiger partial charge in [-0.05, 0) is 37.3 Å². The van der Waals surface area contributed by atoms with Gasteiger partial charge in [0.1, 0.15) is 12.4 Å². The number of hydrogen-bond donors (Lipinski definition) is 1. The first-order valence-electron chi connectivity index (χ1n) is 9.37. The molecular weight excluding hydrogens is 524 g/mol. The maximum Gasteiger partial charge on any atom is 0.416 e. The molecule has 0 atom stereocenters. The number of hydrogen-bond acceptors (Lipinski definition) is 5. The lowest BCUT2D eigenvalue weighted by Gasteiger charge is -2.12. The number of carbonyl (C=O) groups is 1. The summed E-state index contributed by atoms with van der Waals surface area (Å²) in [5, 5.41) is 11.8. The van der Waals surface area contributed by atoms with E-state index in [1.54, 1.807) is 22.8 Å². The number of aromatic nitrogens is 3. The summed E-state index contributed by atoms with van der Waals surface area (Å²) in [4.78, 5) is 12.3. The van der Waals surface area contributed by atoms with Crippen LogP contribution in [0.25, 0.3) is 0 Å². The molecule has 3 rings (SSSR count). The van der Waals surface area contributed by atoms with Crippen LogP contribution in [0.1, 0.15) is 18.3 Å². The molecule has 0 bridgehead atoms. The van der Waals surface area contributed by atoms with E-state index in [1.807, 2.05) is 6.92 Å². The fraction of sp³-hybridized carbons (Fsp3) is 0.250. The minimum atomic E-state index is -4.55. The van der Waals surface area contributed by atoms with Crippen molar-refractivity contribution in [1.82, 2.24) is 14.8 Å². The molecule has 1 aromatic heterocycles. The maximum absolute atomic E-state index is 12.9. The summed E-state index contributed by atoms with van der Waals surface area (Å²) in [6.07, 6.45) is -4.55. The summed E-state index contributed by atoms with van der Waals surface area (Å²) in [6, 6.07) is 7.54. The van der Waals surface area contributed by atoms with Crippen molar-refractivity contribution in [3.05, 3.63) is 62.9 Å².